The van der Waals surface area contributed by atoms with Crippen molar-refractivity contribution in [3.63, 3.8) is 0 Å². The summed E-state index contributed by atoms with van der Waals surface area (Å²) < 4.78 is 14.3. The van der Waals surface area contributed by atoms with E-state index in [1.807, 2.05) is 0 Å². The van der Waals surface area contributed by atoms with Crippen LogP contribution < -0.4 is 5.56 Å². The van der Waals surface area contributed by atoms with Crippen molar-refractivity contribution in [2.24, 2.45) is 4.99 Å². The Kier molecular flexibility index (Phi) is 4.14. The molecule has 0 atom stereocenters. The van der Waals surface area contributed by atoms with Gasteiger partial charge in [0.1, 0.15) is 5.82 Å². The van der Waals surface area contributed by atoms with Crippen LogP contribution >= 0.6 is 0 Å². The molecule has 2 rings (SSSR count). The van der Waals surface area contributed by atoms with E-state index in [-0.39, 0.29) is 24.5 Å². The van der Waals surface area contributed by atoms with Crippen molar-refractivity contribution >= 4 is 5.71 Å². The first-order valence-electron chi connectivity index (χ1n) is 6.24. The van der Waals surface area contributed by atoms with Crippen LogP contribution in [0.5, 0.6) is 0 Å². The summed E-state index contributed by atoms with van der Waals surface area (Å²) in [6.07, 6.45) is 0. The number of nitrogens with zero attached hydrogens (tertiary/aromatic N) is 2. The zero-order valence-corrected chi connectivity index (χ0v) is 11.4. The lowest BCUT2D eigenvalue weighted by Crippen LogP contribution is -2.20. The first-order chi connectivity index (χ1) is 9.54. The third-order valence-electron chi connectivity index (χ3n) is 2.97. The lowest BCUT2D eigenvalue weighted by molar-refractivity contribution is 0.307. The number of halogens is 1. The average Bonchev–Trinajstić information content (AvgIpc) is 2.72. The number of rotatable bonds is 4. The zero-order chi connectivity index (χ0) is 14.7. The lowest BCUT2D eigenvalue weighted by atomic mass is 10.2. The van der Waals surface area contributed by atoms with Crippen molar-refractivity contribution in [1.29, 1.82) is 0 Å². The summed E-state index contributed by atoms with van der Waals surface area (Å²) in [5.41, 5.74) is 2.04. The Morgan fingerprint density at radius 1 is 1.40 bits per heavy atom. The number of aliphatic hydroxyl groups is 1. The number of benzene rings is 1. The largest absolute Gasteiger partial charge is 0.394 e. The first kappa shape index (κ1) is 14.2. The summed E-state index contributed by atoms with van der Waals surface area (Å²) in [5, 5.41) is 11.7. The summed E-state index contributed by atoms with van der Waals surface area (Å²) in [4.78, 5) is 16.5. The Balaban J connectivity index is 2.49. The third kappa shape index (κ3) is 2.70. The Morgan fingerprint density at radius 2 is 2.05 bits per heavy atom. The topological polar surface area (TPSA) is 70.4 Å². The maximum Gasteiger partial charge on any atom is 0.280 e. The Morgan fingerprint density at radius 3 is 2.65 bits per heavy atom. The molecule has 2 aromatic rings. The fourth-order valence-electron chi connectivity index (χ4n) is 2.04. The summed E-state index contributed by atoms with van der Waals surface area (Å²) >= 11 is 0. The molecule has 0 aliphatic carbocycles. The Bertz CT molecular complexity index is 683. The van der Waals surface area contributed by atoms with Crippen molar-refractivity contribution in [2.45, 2.75) is 13.8 Å². The molecule has 1 aromatic heterocycles. The van der Waals surface area contributed by atoms with Crippen molar-refractivity contribution in [1.82, 2.24) is 9.78 Å². The van der Waals surface area contributed by atoms with Crippen molar-refractivity contribution in [3.05, 3.63) is 51.7 Å². The highest BCUT2D eigenvalue weighted by Crippen LogP contribution is 2.09. The minimum Gasteiger partial charge on any atom is -0.394 e. The number of aliphatic imine (C=N–C) groups is 1. The van der Waals surface area contributed by atoms with E-state index in [4.69, 9.17) is 5.11 Å². The highest BCUT2D eigenvalue weighted by molar-refractivity contribution is 5.99. The molecule has 1 heterocycles. The lowest BCUT2D eigenvalue weighted by Gasteiger charge is -2.00. The second-order valence-corrected chi connectivity index (χ2v) is 4.42. The average molecular weight is 277 g/mol. The van der Waals surface area contributed by atoms with Crippen LogP contribution in [0.3, 0.4) is 0 Å². The fraction of sp³-hybridized carbons (Fsp3) is 0.286. The molecule has 0 aliphatic heterocycles. The Labute approximate surface area is 115 Å². The van der Waals surface area contributed by atoms with Crippen LogP contribution in [-0.2, 0) is 0 Å². The van der Waals surface area contributed by atoms with Gasteiger partial charge in [0.25, 0.3) is 5.56 Å². The van der Waals surface area contributed by atoms with Gasteiger partial charge in [0.2, 0.25) is 0 Å². The third-order valence-corrected chi connectivity index (χ3v) is 2.97. The van der Waals surface area contributed by atoms with Crippen LogP contribution in [0, 0.1) is 12.7 Å². The number of aromatic amines is 1. The number of aromatic nitrogens is 2. The molecule has 0 saturated heterocycles. The highest BCUT2D eigenvalue weighted by Gasteiger charge is 2.14. The molecule has 0 unspecified atom stereocenters. The zero-order valence-electron chi connectivity index (χ0n) is 11.4. The van der Waals surface area contributed by atoms with Crippen LogP contribution in [0.15, 0.2) is 34.1 Å². The second-order valence-electron chi connectivity index (χ2n) is 4.42. The molecular weight excluding hydrogens is 261 g/mol. The summed E-state index contributed by atoms with van der Waals surface area (Å²) in [6.45, 7) is 3.69. The number of nitrogens with one attached hydrogen (secondary N) is 1. The molecular formula is C14H16FN3O2. The smallest absolute Gasteiger partial charge is 0.280 e. The maximum atomic E-state index is 12.9. The molecule has 0 amide bonds. The Hall–Kier alpha value is -2.21. The summed E-state index contributed by atoms with van der Waals surface area (Å²) in [7, 11) is 0. The van der Waals surface area contributed by atoms with Gasteiger partial charge >= 0.3 is 0 Å². The molecule has 0 saturated carbocycles. The fourth-order valence-corrected chi connectivity index (χ4v) is 2.04. The van der Waals surface area contributed by atoms with Crippen LogP contribution in [0.4, 0.5) is 4.39 Å². The monoisotopic (exact) mass is 277 g/mol. The SMILES string of the molecule is CC(=NCCO)c1c(C)[nH]n(-c2ccc(F)cc2)c1=O. The van der Waals surface area contributed by atoms with Gasteiger partial charge in [-0.3, -0.25) is 14.9 Å². The molecule has 0 spiro atoms. The van der Waals surface area contributed by atoms with E-state index in [1.165, 1.54) is 28.9 Å². The predicted molar refractivity (Wildman–Crippen MR) is 75.2 cm³/mol. The molecule has 1 aromatic carbocycles. The van der Waals surface area contributed by atoms with Gasteiger partial charge in [-0.05, 0) is 38.1 Å². The number of H-pyrrole nitrogens is 1. The van der Waals surface area contributed by atoms with Gasteiger partial charge in [-0.15, -0.1) is 0 Å². The van der Waals surface area contributed by atoms with Crippen LogP contribution in [-0.4, -0.2) is 33.8 Å². The standard InChI is InChI=1S/C14H16FN3O2/c1-9(16-7-8-19)13-10(2)17-18(14(13)20)12-5-3-11(15)4-6-12/h3-6,17,19H,7-8H2,1-2H3. The van der Waals surface area contributed by atoms with E-state index in [1.54, 1.807) is 13.8 Å². The highest BCUT2D eigenvalue weighted by atomic mass is 19.1. The van der Waals surface area contributed by atoms with Gasteiger partial charge in [0.15, 0.2) is 0 Å². The summed E-state index contributed by atoms with van der Waals surface area (Å²) in [5.74, 6) is -0.356. The van der Waals surface area contributed by atoms with Crippen molar-refractivity contribution < 1.29 is 9.50 Å². The van der Waals surface area contributed by atoms with Gasteiger partial charge in [0, 0.05) is 11.4 Å². The predicted octanol–water partition coefficient (Wildman–Crippen LogP) is 1.41. The van der Waals surface area contributed by atoms with E-state index < -0.39 is 0 Å². The molecule has 106 valence electrons. The van der Waals surface area contributed by atoms with E-state index in [9.17, 15) is 9.18 Å². The molecule has 20 heavy (non-hydrogen) atoms. The van der Waals surface area contributed by atoms with Gasteiger partial charge in [0.05, 0.1) is 24.4 Å². The van der Waals surface area contributed by atoms with Gasteiger partial charge < -0.3 is 5.11 Å². The number of hydrogen-bond donors (Lipinski definition) is 2. The number of aryl methyl sites for hydroxylation is 1. The molecule has 0 aliphatic rings. The van der Waals surface area contributed by atoms with E-state index in [0.717, 1.165) is 0 Å². The quantitative estimate of drug-likeness (QED) is 0.830. The summed E-state index contributed by atoms with van der Waals surface area (Å²) in [6, 6.07) is 5.64. The van der Waals surface area contributed by atoms with E-state index in [0.29, 0.717) is 22.7 Å². The van der Waals surface area contributed by atoms with Gasteiger partial charge in [-0.1, -0.05) is 0 Å². The van der Waals surface area contributed by atoms with E-state index >= 15 is 0 Å². The van der Waals surface area contributed by atoms with Gasteiger partial charge in [-0.2, -0.15) is 0 Å². The minimum absolute atomic E-state index is 0.0625. The van der Waals surface area contributed by atoms with Crippen molar-refractivity contribution in [3.8, 4) is 5.69 Å². The van der Waals surface area contributed by atoms with Crippen LogP contribution in [0.2, 0.25) is 0 Å². The van der Waals surface area contributed by atoms with E-state index in [2.05, 4.69) is 10.1 Å². The molecule has 5 nitrogen and oxygen atoms in total. The first-order valence-corrected chi connectivity index (χ1v) is 6.24. The number of aliphatic hydroxyl groups excluding tert-OH is 1. The minimum atomic E-state index is -0.356. The van der Waals surface area contributed by atoms with Crippen LogP contribution in [0.1, 0.15) is 18.2 Å². The number of hydrogen-bond acceptors (Lipinski definition) is 3. The molecule has 2 N–H and O–H groups in total. The normalized spacial score (nSPS) is 11.9. The van der Waals surface area contributed by atoms with Crippen molar-refractivity contribution in [2.75, 3.05) is 13.2 Å². The molecule has 0 fully saturated rings. The molecule has 6 heteroatoms. The van der Waals surface area contributed by atoms with Crippen LogP contribution in [0.25, 0.3) is 5.69 Å². The molecule has 0 radical (unpaired) electrons. The second kappa shape index (κ2) is 5.83. The van der Waals surface area contributed by atoms with Gasteiger partial charge in [-0.25, -0.2) is 9.07 Å². The molecule has 0 bridgehead atoms. The maximum absolute atomic E-state index is 12.9.